The van der Waals surface area contributed by atoms with Gasteiger partial charge < -0.3 is 19.9 Å². The molecule has 2 aliphatic heterocycles. The number of ether oxygens (including phenoxy) is 1. The van der Waals surface area contributed by atoms with Crippen molar-refractivity contribution in [3.05, 3.63) is 64.2 Å². The van der Waals surface area contributed by atoms with Gasteiger partial charge in [-0.15, -0.1) is 10.2 Å². The van der Waals surface area contributed by atoms with Crippen molar-refractivity contribution < 1.29 is 22.7 Å². The molecule has 2 aliphatic carbocycles. The zero-order valence-electron chi connectivity index (χ0n) is 27.8. The molecule has 2 N–H and O–H groups in total. The summed E-state index contributed by atoms with van der Waals surface area (Å²) in [6, 6.07) is 6.80. The van der Waals surface area contributed by atoms with Crippen molar-refractivity contribution in [2.75, 3.05) is 49.6 Å². The average molecular weight is 667 g/mol. The first kappa shape index (κ1) is 33.0. The van der Waals surface area contributed by atoms with E-state index in [0.29, 0.717) is 30.2 Å². The molecular formula is C35H45F3N8O2. The highest BCUT2D eigenvalue weighted by atomic mass is 19.4. The van der Waals surface area contributed by atoms with Gasteiger partial charge in [-0.1, -0.05) is 6.42 Å². The molecule has 1 aromatic carbocycles. The minimum atomic E-state index is -4.59. The molecular weight excluding hydrogens is 621 g/mol. The number of halogens is 3. The highest BCUT2D eigenvalue weighted by Gasteiger charge is 2.43. The molecule has 0 bridgehead atoms. The molecule has 1 amide bonds. The summed E-state index contributed by atoms with van der Waals surface area (Å²) in [5.41, 5.74) is 0.530. The molecule has 2 saturated carbocycles. The second kappa shape index (κ2) is 13.1. The van der Waals surface area contributed by atoms with E-state index in [9.17, 15) is 18.0 Å². The maximum atomic E-state index is 14.5. The molecule has 0 spiro atoms. The first-order chi connectivity index (χ1) is 23.0. The molecule has 48 heavy (non-hydrogen) atoms. The molecule has 0 radical (unpaired) electrons. The van der Waals surface area contributed by atoms with Crippen molar-refractivity contribution >= 4 is 17.5 Å². The highest BCUT2D eigenvalue weighted by Crippen LogP contribution is 2.48. The monoisotopic (exact) mass is 666 g/mol. The zero-order chi connectivity index (χ0) is 33.5. The number of amides is 1. The Hall–Kier alpha value is -3.55. The van der Waals surface area contributed by atoms with Gasteiger partial charge in [-0.2, -0.15) is 13.2 Å². The summed E-state index contributed by atoms with van der Waals surface area (Å²) in [6.45, 7) is 7.10. The van der Waals surface area contributed by atoms with Gasteiger partial charge in [-0.25, -0.2) is 4.98 Å². The molecule has 2 aromatic heterocycles. The van der Waals surface area contributed by atoms with Gasteiger partial charge in [-0.05, 0) is 92.9 Å². The summed E-state index contributed by atoms with van der Waals surface area (Å²) < 4.78 is 50.9. The van der Waals surface area contributed by atoms with Crippen LogP contribution in [0.25, 0.3) is 0 Å². The van der Waals surface area contributed by atoms with Crippen molar-refractivity contribution in [2.24, 2.45) is 7.05 Å². The van der Waals surface area contributed by atoms with Gasteiger partial charge in [0.15, 0.2) is 0 Å². The second-order valence-electron chi connectivity index (χ2n) is 14.3. The third kappa shape index (κ3) is 6.69. The number of pyridine rings is 1. The normalized spacial score (nSPS) is 20.4. The van der Waals surface area contributed by atoms with E-state index in [4.69, 9.17) is 9.72 Å². The SMILES string of the molecule is Cn1cnnc1CC1(c2cc(NCCCN3CCOCC3)nc(N3Cc4c(cc(CNC5(C)CCC5)cc4C(F)(F)F)C3=O)c2)CCC1. The molecule has 10 nitrogen and oxygen atoms in total. The summed E-state index contributed by atoms with van der Waals surface area (Å²) in [5, 5.41) is 15.3. The van der Waals surface area contributed by atoms with Crippen molar-refractivity contribution in [2.45, 2.75) is 88.5 Å². The van der Waals surface area contributed by atoms with Crippen LogP contribution in [0.15, 0.2) is 30.6 Å². The van der Waals surface area contributed by atoms with Crippen LogP contribution in [0.1, 0.15) is 90.3 Å². The fourth-order valence-electron chi connectivity index (χ4n) is 7.54. The van der Waals surface area contributed by atoms with Crippen LogP contribution < -0.4 is 15.5 Å². The Bertz CT molecular complexity index is 1640. The molecule has 1 saturated heterocycles. The van der Waals surface area contributed by atoms with Gasteiger partial charge in [0.25, 0.3) is 5.91 Å². The predicted molar refractivity (Wildman–Crippen MR) is 176 cm³/mol. The van der Waals surface area contributed by atoms with E-state index in [-0.39, 0.29) is 35.2 Å². The van der Waals surface area contributed by atoms with Crippen LogP contribution in [-0.2, 0) is 42.9 Å². The topological polar surface area (TPSA) is 100 Å². The van der Waals surface area contributed by atoms with Crippen LogP contribution in [0, 0.1) is 0 Å². The Morgan fingerprint density at radius 2 is 1.81 bits per heavy atom. The lowest BCUT2D eigenvalue weighted by Crippen LogP contribution is -2.47. The number of benzene rings is 1. The number of nitrogens with one attached hydrogen (secondary N) is 2. The maximum Gasteiger partial charge on any atom is 0.416 e. The lowest BCUT2D eigenvalue weighted by Gasteiger charge is -2.42. The average Bonchev–Trinajstić information content (AvgIpc) is 3.60. The van der Waals surface area contributed by atoms with E-state index >= 15 is 0 Å². The molecule has 0 unspecified atom stereocenters. The molecule has 0 atom stereocenters. The van der Waals surface area contributed by atoms with Crippen molar-refractivity contribution in [1.29, 1.82) is 0 Å². The standard InChI is InChI=1S/C35H45F3N8O2/c1-33(6-3-7-33)40-21-24-16-26-27(28(17-24)35(36,37)38)22-46(32(26)47)30-19-25(34(8-4-9-34)20-31-43-41-23-44(31)2)18-29(42-30)39-10-5-11-45-12-14-48-15-13-45/h16-19,23,40H,3-15,20-22H2,1-2H3,(H,39,42). The minimum absolute atomic E-state index is 0.00997. The summed E-state index contributed by atoms with van der Waals surface area (Å²) in [5.74, 6) is 1.39. The lowest BCUT2D eigenvalue weighted by molar-refractivity contribution is -0.138. The summed E-state index contributed by atoms with van der Waals surface area (Å²) in [6.07, 6.45) is 4.66. The third-order valence-corrected chi connectivity index (χ3v) is 11.0. The largest absolute Gasteiger partial charge is 0.416 e. The van der Waals surface area contributed by atoms with Crippen molar-refractivity contribution in [3.8, 4) is 0 Å². The van der Waals surface area contributed by atoms with Gasteiger partial charge in [0.1, 0.15) is 23.8 Å². The first-order valence-corrected chi connectivity index (χ1v) is 17.2. The number of anilines is 2. The van der Waals surface area contributed by atoms with Crippen LogP contribution in [0.5, 0.6) is 0 Å². The van der Waals surface area contributed by atoms with Crippen LogP contribution in [0.4, 0.5) is 24.8 Å². The fourth-order valence-corrected chi connectivity index (χ4v) is 7.54. The van der Waals surface area contributed by atoms with Gasteiger partial charge in [0.2, 0.25) is 0 Å². The van der Waals surface area contributed by atoms with Crippen LogP contribution in [0.3, 0.4) is 0 Å². The van der Waals surface area contributed by atoms with Crippen LogP contribution in [0.2, 0.25) is 0 Å². The van der Waals surface area contributed by atoms with E-state index in [0.717, 1.165) is 89.2 Å². The Morgan fingerprint density at radius 3 is 2.46 bits per heavy atom. The highest BCUT2D eigenvalue weighted by molar-refractivity contribution is 6.10. The predicted octanol–water partition coefficient (Wildman–Crippen LogP) is 5.22. The Labute approximate surface area is 279 Å². The fraction of sp³-hybridized carbons (Fsp3) is 0.600. The number of carbonyl (C=O) groups is 1. The quantitative estimate of drug-likeness (QED) is 0.254. The first-order valence-electron chi connectivity index (χ1n) is 17.2. The molecule has 4 heterocycles. The number of hydrogen-bond donors (Lipinski definition) is 2. The number of hydrogen-bond acceptors (Lipinski definition) is 8. The van der Waals surface area contributed by atoms with Gasteiger partial charge in [0, 0.05) is 56.2 Å². The molecule has 7 rings (SSSR count). The zero-order valence-corrected chi connectivity index (χ0v) is 27.8. The lowest BCUT2D eigenvalue weighted by atomic mass is 9.62. The number of aromatic nitrogens is 4. The number of alkyl halides is 3. The molecule has 3 fully saturated rings. The van der Waals surface area contributed by atoms with E-state index in [1.54, 1.807) is 12.4 Å². The van der Waals surface area contributed by atoms with E-state index < -0.39 is 17.6 Å². The van der Waals surface area contributed by atoms with Crippen molar-refractivity contribution in [3.63, 3.8) is 0 Å². The maximum absolute atomic E-state index is 14.5. The van der Waals surface area contributed by atoms with E-state index in [1.165, 1.54) is 11.0 Å². The number of morpholine rings is 1. The third-order valence-electron chi connectivity index (χ3n) is 11.0. The Kier molecular flexibility index (Phi) is 8.97. The Balaban J connectivity index is 1.19. The summed E-state index contributed by atoms with van der Waals surface area (Å²) in [4.78, 5) is 22.7. The molecule has 4 aliphatic rings. The number of carbonyl (C=O) groups excluding carboxylic acids is 1. The molecule has 3 aromatic rings. The van der Waals surface area contributed by atoms with Crippen molar-refractivity contribution in [1.82, 2.24) is 30.0 Å². The van der Waals surface area contributed by atoms with Crippen LogP contribution >= 0.6 is 0 Å². The minimum Gasteiger partial charge on any atom is -0.379 e. The summed E-state index contributed by atoms with van der Waals surface area (Å²) >= 11 is 0. The smallest absolute Gasteiger partial charge is 0.379 e. The van der Waals surface area contributed by atoms with Gasteiger partial charge in [0.05, 0.1) is 25.3 Å². The van der Waals surface area contributed by atoms with Gasteiger partial charge >= 0.3 is 6.18 Å². The Morgan fingerprint density at radius 1 is 1.04 bits per heavy atom. The molecule has 258 valence electrons. The number of rotatable bonds is 12. The summed E-state index contributed by atoms with van der Waals surface area (Å²) in [7, 11) is 1.93. The number of fused-ring (bicyclic) bond motifs is 1. The van der Waals surface area contributed by atoms with Gasteiger partial charge in [-0.3, -0.25) is 14.6 Å². The second-order valence-corrected chi connectivity index (χ2v) is 14.3. The number of aryl methyl sites for hydroxylation is 1. The van der Waals surface area contributed by atoms with Crippen LogP contribution in [-0.4, -0.2) is 75.5 Å². The molecule has 13 heteroatoms. The van der Waals surface area contributed by atoms with E-state index in [1.807, 2.05) is 23.7 Å². The van der Waals surface area contributed by atoms with E-state index in [2.05, 4.69) is 32.7 Å². The number of nitrogens with zero attached hydrogens (tertiary/aromatic N) is 6.